The van der Waals surface area contributed by atoms with Gasteiger partial charge >= 0.3 is 0 Å². The molecule has 3 nitrogen and oxygen atoms in total. The summed E-state index contributed by atoms with van der Waals surface area (Å²) in [6.07, 6.45) is 7.55. The molecule has 1 aromatic heterocycles. The molecule has 1 aliphatic carbocycles. The fraction of sp³-hybridized carbons (Fsp3) is 0.688. The topological polar surface area (TPSA) is 19.4 Å². The standard InChI is InChI=1S/C16H25N3/c1-14-5-7-15(8-6-14)18-10-12-19(13-11-18)16-4-2-3-9-17-16/h2-4,9,14-15H,5-8,10-13H2,1H3. The zero-order valence-corrected chi connectivity index (χ0v) is 12.0. The monoisotopic (exact) mass is 259 g/mol. The van der Waals surface area contributed by atoms with E-state index in [4.69, 9.17) is 0 Å². The van der Waals surface area contributed by atoms with E-state index in [1.54, 1.807) is 0 Å². The van der Waals surface area contributed by atoms with Gasteiger partial charge in [-0.25, -0.2) is 4.98 Å². The number of rotatable bonds is 2. The Morgan fingerprint density at radius 1 is 1.00 bits per heavy atom. The molecule has 0 unspecified atom stereocenters. The molecule has 0 bridgehead atoms. The average molecular weight is 259 g/mol. The molecular weight excluding hydrogens is 234 g/mol. The van der Waals surface area contributed by atoms with Crippen LogP contribution in [0.3, 0.4) is 0 Å². The quantitative estimate of drug-likeness (QED) is 0.814. The third kappa shape index (κ3) is 3.08. The van der Waals surface area contributed by atoms with Crippen LogP contribution in [0.15, 0.2) is 24.4 Å². The van der Waals surface area contributed by atoms with E-state index in [9.17, 15) is 0 Å². The number of piperazine rings is 1. The molecule has 104 valence electrons. The second kappa shape index (κ2) is 5.91. The van der Waals surface area contributed by atoms with Crippen molar-refractivity contribution in [2.24, 2.45) is 5.92 Å². The molecule has 3 rings (SSSR count). The molecule has 2 heterocycles. The van der Waals surface area contributed by atoms with E-state index in [0.717, 1.165) is 30.9 Å². The third-order valence-electron chi connectivity index (χ3n) is 4.79. The highest BCUT2D eigenvalue weighted by Gasteiger charge is 2.27. The van der Waals surface area contributed by atoms with Gasteiger partial charge in [-0.05, 0) is 43.7 Å². The van der Waals surface area contributed by atoms with E-state index in [0.29, 0.717) is 0 Å². The van der Waals surface area contributed by atoms with Gasteiger partial charge in [0.05, 0.1) is 0 Å². The number of hydrogen-bond acceptors (Lipinski definition) is 3. The second-order valence-electron chi connectivity index (χ2n) is 6.12. The van der Waals surface area contributed by atoms with Crippen LogP contribution in [0.4, 0.5) is 5.82 Å². The summed E-state index contributed by atoms with van der Waals surface area (Å²) in [4.78, 5) is 9.59. The van der Waals surface area contributed by atoms with Gasteiger partial charge in [-0.15, -0.1) is 0 Å². The van der Waals surface area contributed by atoms with Crippen LogP contribution in [0.5, 0.6) is 0 Å². The van der Waals surface area contributed by atoms with Crippen LogP contribution in [0.2, 0.25) is 0 Å². The van der Waals surface area contributed by atoms with E-state index in [2.05, 4.69) is 33.8 Å². The molecule has 1 aliphatic heterocycles. The van der Waals surface area contributed by atoms with Gasteiger partial charge in [0.2, 0.25) is 0 Å². The van der Waals surface area contributed by atoms with E-state index in [1.807, 2.05) is 12.3 Å². The molecule has 1 saturated carbocycles. The molecule has 19 heavy (non-hydrogen) atoms. The summed E-state index contributed by atoms with van der Waals surface area (Å²) < 4.78 is 0. The van der Waals surface area contributed by atoms with Crippen molar-refractivity contribution in [3.05, 3.63) is 24.4 Å². The van der Waals surface area contributed by atoms with Gasteiger partial charge in [0.1, 0.15) is 5.82 Å². The highest BCUT2D eigenvalue weighted by Crippen LogP contribution is 2.28. The summed E-state index contributed by atoms with van der Waals surface area (Å²) in [5.74, 6) is 2.09. The Morgan fingerprint density at radius 2 is 1.74 bits per heavy atom. The number of hydrogen-bond donors (Lipinski definition) is 0. The predicted octanol–water partition coefficient (Wildman–Crippen LogP) is 2.78. The Morgan fingerprint density at radius 3 is 2.37 bits per heavy atom. The van der Waals surface area contributed by atoms with Gasteiger partial charge in [-0.3, -0.25) is 4.90 Å². The van der Waals surface area contributed by atoms with Crippen LogP contribution in [0.25, 0.3) is 0 Å². The summed E-state index contributed by atoms with van der Waals surface area (Å²) in [6, 6.07) is 7.04. The zero-order chi connectivity index (χ0) is 13.1. The lowest BCUT2D eigenvalue weighted by atomic mass is 9.86. The molecule has 1 aromatic rings. The molecule has 3 heteroatoms. The molecule has 2 aliphatic rings. The minimum absolute atomic E-state index is 0.849. The maximum Gasteiger partial charge on any atom is 0.128 e. The summed E-state index contributed by atoms with van der Waals surface area (Å²) in [5.41, 5.74) is 0. The zero-order valence-electron chi connectivity index (χ0n) is 12.0. The molecule has 2 fully saturated rings. The summed E-state index contributed by atoms with van der Waals surface area (Å²) in [7, 11) is 0. The highest BCUT2D eigenvalue weighted by molar-refractivity contribution is 5.38. The number of pyridine rings is 1. The maximum atomic E-state index is 4.46. The van der Waals surface area contributed by atoms with Crippen molar-refractivity contribution in [2.45, 2.75) is 38.6 Å². The maximum absolute atomic E-state index is 4.46. The Bertz CT molecular complexity index is 376. The lowest BCUT2D eigenvalue weighted by molar-refractivity contribution is 0.132. The van der Waals surface area contributed by atoms with Gasteiger partial charge in [-0.2, -0.15) is 0 Å². The Labute approximate surface area is 116 Å². The molecule has 0 atom stereocenters. The predicted molar refractivity (Wildman–Crippen MR) is 79.4 cm³/mol. The number of aromatic nitrogens is 1. The Kier molecular flexibility index (Phi) is 4.02. The van der Waals surface area contributed by atoms with E-state index < -0.39 is 0 Å². The molecule has 0 radical (unpaired) electrons. The van der Waals surface area contributed by atoms with E-state index in [1.165, 1.54) is 38.8 Å². The minimum atomic E-state index is 0.849. The average Bonchev–Trinajstić information content (AvgIpc) is 2.49. The van der Waals surface area contributed by atoms with Crippen LogP contribution in [-0.4, -0.2) is 42.1 Å². The van der Waals surface area contributed by atoms with Crippen LogP contribution < -0.4 is 4.90 Å². The smallest absolute Gasteiger partial charge is 0.128 e. The lowest BCUT2D eigenvalue weighted by Crippen LogP contribution is -2.51. The Hall–Kier alpha value is -1.09. The summed E-state index contributed by atoms with van der Waals surface area (Å²) in [6.45, 7) is 7.06. The molecule has 0 amide bonds. The minimum Gasteiger partial charge on any atom is -0.354 e. The summed E-state index contributed by atoms with van der Waals surface area (Å²) >= 11 is 0. The molecule has 1 saturated heterocycles. The van der Waals surface area contributed by atoms with E-state index >= 15 is 0 Å². The fourth-order valence-electron chi connectivity index (χ4n) is 3.46. The highest BCUT2D eigenvalue weighted by atomic mass is 15.3. The second-order valence-corrected chi connectivity index (χ2v) is 6.12. The molecule has 0 aromatic carbocycles. The van der Waals surface area contributed by atoms with Crippen LogP contribution in [0, 0.1) is 5.92 Å². The van der Waals surface area contributed by atoms with Crippen molar-refractivity contribution in [3.63, 3.8) is 0 Å². The SMILES string of the molecule is CC1CCC(N2CCN(c3ccccn3)CC2)CC1. The van der Waals surface area contributed by atoms with Gasteiger partial charge in [-0.1, -0.05) is 13.0 Å². The van der Waals surface area contributed by atoms with Crippen LogP contribution >= 0.6 is 0 Å². The number of anilines is 1. The normalized spacial score (nSPS) is 29.4. The Balaban J connectivity index is 1.52. The first kappa shape index (κ1) is 12.9. The lowest BCUT2D eigenvalue weighted by Gasteiger charge is -2.42. The third-order valence-corrected chi connectivity index (χ3v) is 4.79. The van der Waals surface area contributed by atoms with Crippen molar-refractivity contribution >= 4 is 5.82 Å². The van der Waals surface area contributed by atoms with Crippen LogP contribution in [0.1, 0.15) is 32.6 Å². The van der Waals surface area contributed by atoms with Crippen molar-refractivity contribution in [2.75, 3.05) is 31.1 Å². The van der Waals surface area contributed by atoms with E-state index in [-0.39, 0.29) is 0 Å². The van der Waals surface area contributed by atoms with Gasteiger partial charge in [0.15, 0.2) is 0 Å². The first-order valence-electron chi connectivity index (χ1n) is 7.73. The summed E-state index contributed by atoms with van der Waals surface area (Å²) in [5, 5.41) is 0. The van der Waals surface area contributed by atoms with Gasteiger partial charge < -0.3 is 4.90 Å². The fourth-order valence-corrected chi connectivity index (χ4v) is 3.46. The van der Waals surface area contributed by atoms with Crippen molar-refractivity contribution in [1.82, 2.24) is 9.88 Å². The molecular formula is C16H25N3. The molecule has 0 spiro atoms. The first-order chi connectivity index (χ1) is 9.33. The molecule has 0 N–H and O–H groups in total. The van der Waals surface area contributed by atoms with Gasteiger partial charge in [0, 0.05) is 38.4 Å². The van der Waals surface area contributed by atoms with Crippen LogP contribution in [-0.2, 0) is 0 Å². The van der Waals surface area contributed by atoms with Gasteiger partial charge in [0.25, 0.3) is 0 Å². The largest absolute Gasteiger partial charge is 0.354 e. The van der Waals surface area contributed by atoms with Crippen molar-refractivity contribution in [3.8, 4) is 0 Å². The van der Waals surface area contributed by atoms with Crippen molar-refractivity contribution < 1.29 is 0 Å². The van der Waals surface area contributed by atoms with Crippen molar-refractivity contribution in [1.29, 1.82) is 0 Å². The first-order valence-corrected chi connectivity index (χ1v) is 7.73. The number of nitrogens with zero attached hydrogens (tertiary/aromatic N) is 3.